The fourth-order valence-electron chi connectivity index (χ4n) is 2.17. The van der Waals surface area contributed by atoms with Gasteiger partial charge in [-0.3, -0.25) is 14.6 Å². The van der Waals surface area contributed by atoms with Crippen molar-refractivity contribution in [3.05, 3.63) is 23.5 Å². The van der Waals surface area contributed by atoms with Gasteiger partial charge in [-0.05, 0) is 19.4 Å². The Morgan fingerprint density at radius 3 is 3.00 bits per heavy atom. The number of nitrogens with one attached hydrogen (secondary N) is 1. The molecule has 2 heterocycles. The van der Waals surface area contributed by atoms with E-state index in [-0.39, 0.29) is 17.9 Å². The zero-order valence-electron chi connectivity index (χ0n) is 11.1. The second-order valence-corrected chi connectivity index (χ2v) is 4.88. The van der Waals surface area contributed by atoms with E-state index in [1.807, 2.05) is 0 Å². The summed E-state index contributed by atoms with van der Waals surface area (Å²) in [5.41, 5.74) is 7.24. The number of hydrogen-bond acceptors (Lipinski definition) is 4. The first-order chi connectivity index (χ1) is 8.97. The first-order valence-electron chi connectivity index (χ1n) is 6.24. The highest BCUT2D eigenvalue weighted by Crippen LogP contribution is 2.13. The number of nitrogen functional groups attached to an aromatic ring is 1. The molecule has 6 heteroatoms. The van der Waals surface area contributed by atoms with E-state index in [0.717, 1.165) is 0 Å². The summed E-state index contributed by atoms with van der Waals surface area (Å²) in [5, 5.41) is 2.93. The molecule has 1 unspecified atom stereocenters. The van der Waals surface area contributed by atoms with Gasteiger partial charge in [0.15, 0.2) is 0 Å². The van der Waals surface area contributed by atoms with Gasteiger partial charge in [-0.15, -0.1) is 0 Å². The van der Waals surface area contributed by atoms with Crippen LogP contribution in [0.4, 0.5) is 5.69 Å². The number of likely N-dealkylation sites (N-methyl/N-ethyl adjacent to an activating group) is 1. The maximum atomic E-state index is 12.2. The molecule has 0 radical (unpaired) electrons. The van der Waals surface area contributed by atoms with E-state index in [4.69, 9.17) is 5.73 Å². The summed E-state index contributed by atoms with van der Waals surface area (Å²) in [6.45, 7) is 2.31. The van der Waals surface area contributed by atoms with Gasteiger partial charge in [0.1, 0.15) is 0 Å². The predicted octanol–water partition coefficient (Wildman–Crippen LogP) is 0.323. The predicted molar refractivity (Wildman–Crippen MR) is 71.5 cm³/mol. The highest BCUT2D eigenvalue weighted by Gasteiger charge is 2.24. The van der Waals surface area contributed by atoms with Crippen LogP contribution in [0.2, 0.25) is 0 Å². The number of nitrogens with zero attached hydrogens (tertiary/aromatic N) is 2. The van der Waals surface area contributed by atoms with Gasteiger partial charge in [0.2, 0.25) is 5.91 Å². The highest BCUT2D eigenvalue weighted by molar-refractivity contribution is 5.96. The third-order valence-corrected chi connectivity index (χ3v) is 3.31. The topological polar surface area (TPSA) is 88.3 Å². The van der Waals surface area contributed by atoms with Crippen molar-refractivity contribution in [2.45, 2.75) is 25.8 Å². The molecule has 2 rings (SSSR count). The van der Waals surface area contributed by atoms with Crippen molar-refractivity contribution >= 4 is 17.5 Å². The van der Waals surface area contributed by atoms with Gasteiger partial charge in [-0.25, -0.2) is 0 Å². The second-order valence-electron chi connectivity index (χ2n) is 4.88. The molecule has 0 aliphatic carbocycles. The van der Waals surface area contributed by atoms with Crippen LogP contribution in [0, 0.1) is 6.92 Å². The molecule has 0 bridgehead atoms. The summed E-state index contributed by atoms with van der Waals surface area (Å²) in [6, 6.07) is 1.60. The standard InChI is InChI=1S/C13H18N4O2/c1-8-11(5-9(14)6-15-8)13(19)16-10-3-4-12(18)17(2)7-10/h5-6,10H,3-4,7,14H2,1-2H3,(H,16,19). The number of anilines is 1. The smallest absolute Gasteiger partial charge is 0.253 e. The first kappa shape index (κ1) is 13.3. The van der Waals surface area contributed by atoms with Gasteiger partial charge in [-0.1, -0.05) is 0 Å². The van der Waals surface area contributed by atoms with Crippen LogP contribution in [0.25, 0.3) is 0 Å². The van der Waals surface area contributed by atoms with E-state index in [1.54, 1.807) is 24.9 Å². The van der Waals surface area contributed by atoms with Gasteiger partial charge >= 0.3 is 0 Å². The van der Waals surface area contributed by atoms with E-state index < -0.39 is 0 Å². The van der Waals surface area contributed by atoms with Gasteiger partial charge in [0.05, 0.1) is 23.1 Å². The number of rotatable bonds is 2. The third kappa shape index (κ3) is 3.01. The number of amides is 2. The SMILES string of the molecule is Cc1ncc(N)cc1C(=O)NC1CCC(=O)N(C)C1. The fourth-order valence-corrected chi connectivity index (χ4v) is 2.17. The molecule has 1 fully saturated rings. The molecule has 1 aromatic rings. The molecule has 1 saturated heterocycles. The van der Waals surface area contributed by atoms with E-state index in [1.165, 1.54) is 6.20 Å². The quantitative estimate of drug-likeness (QED) is 0.803. The molecule has 6 nitrogen and oxygen atoms in total. The Balaban J connectivity index is 2.05. The zero-order valence-corrected chi connectivity index (χ0v) is 11.1. The van der Waals surface area contributed by atoms with Crippen LogP contribution in [-0.2, 0) is 4.79 Å². The number of hydrogen-bond donors (Lipinski definition) is 2. The number of piperidine rings is 1. The molecule has 0 spiro atoms. The van der Waals surface area contributed by atoms with Crippen LogP contribution >= 0.6 is 0 Å². The van der Waals surface area contributed by atoms with Crippen molar-refractivity contribution < 1.29 is 9.59 Å². The summed E-state index contributed by atoms with van der Waals surface area (Å²) in [4.78, 5) is 29.3. The molecule has 0 saturated carbocycles. The fraction of sp³-hybridized carbons (Fsp3) is 0.462. The molecule has 102 valence electrons. The van der Waals surface area contributed by atoms with Gasteiger partial charge in [0, 0.05) is 26.1 Å². The van der Waals surface area contributed by atoms with E-state index in [9.17, 15) is 9.59 Å². The molecule has 0 aromatic carbocycles. The zero-order chi connectivity index (χ0) is 14.0. The molecule has 1 aliphatic heterocycles. The maximum absolute atomic E-state index is 12.2. The average Bonchev–Trinajstić information content (AvgIpc) is 2.36. The average molecular weight is 262 g/mol. The number of nitrogens with two attached hydrogens (primary N) is 1. The lowest BCUT2D eigenvalue weighted by Gasteiger charge is -2.30. The van der Waals surface area contributed by atoms with Crippen LogP contribution in [-0.4, -0.2) is 41.3 Å². The minimum atomic E-state index is -0.190. The molecule has 2 amide bonds. The molecule has 19 heavy (non-hydrogen) atoms. The summed E-state index contributed by atoms with van der Waals surface area (Å²) in [5.74, 6) is -0.0719. The Hall–Kier alpha value is -2.11. The Kier molecular flexibility index (Phi) is 3.69. The molecular formula is C13H18N4O2. The molecule has 1 atom stereocenters. The number of carbonyl (C=O) groups is 2. The lowest BCUT2D eigenvalue weighted by Crippen LogP contribution is -2.48. The summed E-state index contributed by atoms with van der Waals surface area (Å²) in [7, 11) is 1.74. The van der Waals surface area contributed by atoms with Crippen molar-refractivity contribution in [3.8, 4) is 0 Å². The van der Waals surface area contributed by atoms with Crippen molar-refractivity contribution in [1.29, 1.82) is 0 Å². The normalized spacial score (nSPS) is 19.4. The van der Waals surface area contributed by atoms with Crippen LogP contribution in [0.1, 0.15) is 28.9 Å². The van der Waals surface area contributed by atoms with Crippen LogP contribution in [0.3, 0.4) is 0 Å². The Labute approximate surface area is 112 Å². The first-order valence-corrected chi connectivity index (χ1v) is 6.24. The van der Waals surface area contributed by atoms with Gasteiger partial charge in [0.25, 0.3) is 5.91 Å². The Morgan fingerprint density at radius 2 is 2.32 bits per heavy atom. The van der Waals surface area contributed by atoms with Gasteiger partial charge in [-0.2, -0.15) is 0 Å². The van der Waals surface area contributed by atoms with Crippen LogP contribution in [0.15, 0.2) is 12.3 Å². The van der Waals surface area contributed by atoms with Crippen LogP contribution < -0.4 is 11.1 Å². The van der Waals surface area contributed by atoms with E-state index >= 15 is 0 Å². The summed E-state index contributed by atoms with van der Waals surface area (Å²) in [6.07, 6.45) is 2.67. The largest absolute Gasteiger partial charge is 0.397 e. The minimum absolute atomic E-state index is 0.0176. The molecular weight excluding hydrogens is 244 g/mol. The van der Waals surface area contributed by atoms with Crippen molar-refractivity contribution in [2.75, 3.05) is 19.3 Å². The third-order valence-electron chi connectivity index (χ3n) is 3.31. The molecule has 3 N–H and O–H groups in total. The van der Waals surface area contributed by atoms with Crippen molar-refractivity contribution in [2.24, 2.45) is 0 Å². The van der Waals surface area contributed by atoms with Crippen LogP contribution in [0.5, 0.6) is 0 Å². The van der Waals surface area contributed by atoms with Crippen molar-refractivity contribution in [1.82, 2.24) is 15.2 Å². The van der Waals surface area contributed by atoms with Gasteiger partial charge < -0.3 is 16.0 Å². The summed E-state index contributed by atoms with van der Waals surface area (Å²) >= 11 is 0. The lowest BCUT2D eigenvalue weighted by molar-refractivity contribution is -0.132. The lowest BCUT2D eigenvalue weighted by atomic mass is 10.0. The molecule has 1 aromatic heterocycles. The van der Waals surface area contributed by atoms with E-state index in [2.05, 4.69) is 10.3 Å². The number of aryl methyl sites for hydroxylation is 1. The maximum Gasteiger partial charge on any atom is 0.253 e. The van der Waals surface area contributed by atoms with Crippen molar-refractivity contribution in [3.63, 3.8) is 0 Å². The molecule has 1 aliphatic rings. The number of likely N-dealkylation sites (tertiary alicyclic amines) is 1. The Bertz CT molecular complexity index is 515. The minimum Gasteiger partial charge on any atom is -0.397 e. The monoisotopic (exact) mass is 262 g/mol. The Morgan fingerprint density at radius 1 is 1.58 bits per heavy atom. The summed E-state index contributed by atoms with van der Waals surface area (Å²) < 4.78 is 0. The number of carbonyl (C=O) groups excluding carboxylic acids is 2. The van der Waals surface area contributed by atoms with E-state index in [0.29, 0.717) is 36.3 Å². The number of aromatic nitrogens is 1. The number of pyridine rings is 1. The second kappa shape index (κ2) is 5.26. The highest BCUT2D eigenvalue weighted by atomic mass is 16.2.